The van der Waals surface area contributed by atoms with Gasteiger partial charge in [-0.05, 0) is 0 Å². The van der Waals surface area contributed by atoms with Gasteiger partial charge in [-0.2, -0.15) is 0 Å². The van der Waals surface area contributed by atoms with Gasteiger partial charge in [0.2, 0.25) is 0 Å². The van der Waals surface area contributed by atoms with Crippen molar-refractivity contribution < 1.29 is 64.3 Å². The molecule has 0 spiro atoms. The standard InChI is InChI=1S/C4H5BF3.K/c6-5(7,8)4-1-3(4)2-4;/h3H,1-2H2;/q-1;+1. The molecule has 0 saturated heterocycles. The molecule has 0 atom stereocenters. The van der Waals surface area contributed by atoms with E-state index in [1.807, 2.05) is 0 Å². The van der Waals surface area contributed by atoms with Crippen molar-refractivity contribution in [1.82, 2.24) is 0 Å². The normalized spacial score (nSPS) is 45.0. The zero-order valence-corrected chi connectivity index (χ0v) is 8.33. The molecule has 0 aromatic rings. The molecule has 0 radical (unpaired) electrons. The number of halogens is 3. The second kappa shape index (κ2) is 2.00. The molecule has 0 bridgehead atoms. The molecule has 2 fully saturated rings. The van der Waals surface area contributed by atoms with E-state index < -0.39 is 12.3 Å². The van der Waals surface area contributed by atoms with Crippen molar-refractivity contribution in [2.24, 2.45) is 5.92 Å². The summed E-state index contributed by atoms with van der Waals surface area (Å²) in [6.45, 7) is -4.46. The molecule has 0 heterocycles. The molecular formula is C4H5BF3K. The maximum absolute atomic E-state index is 11.7. The summed E-state index contributed by atoms with van der Waals surface area (Å²) >= 11 is 0. The molecule has 2 rings (SSSR count). The van der Waals surface area contributed by atoms with E-state index in [1.165, 1.54) is 0 Å². The van der Waals surface area contributed by atoms with E-state index in [4.69, 9.17) is 0 Å². The summed E-state index contributed by atoms with van der Waals surface area (Å²) in [6, 6.07) is 0. The first kappa shape index (κ1) is 8.59. The topological polar surface area (TPSA) is 0 Å². The minimum atomic E-state index is -4.46. The summed E-state index contributed by atoms with van der Waals surface area (Å²) in [4.78, 5) is 0. The van der Waals surface area contributed by atoms with Crippen molar-refractivity contribution in [3.8, 4) is 0 Å². The van der Waals surface area contributed by atoms with E-state index in [1.54, 1.807) is 0 Å². The van der Waals surface area contributed by atoms with Gasteiger partial charge >= 0.3 is 58.4 Å². The Hall–Kier alpha value is 1.49. The van der Waals surface area contributed by atoms with Gasteiger partial charge in [-0.25, -0.2) is 0 Å². The second-order valence-electron chi connectivity index (χ2n) is 2.91. The Balaban J connectivity index is 0.000000405. The fourth-order valence-corrected chi connectivity index (χ4v) is 1.27. The van der Waals surface area contributed by atoms with Gasteiger partial charge in [-0.1, -0.05) is 24.1 Å². The zero-order valence-electron chi connectivity index (χ0n) is 5.20. The molecule has 0 aromatic heterocycles. The maximum Gasteiger partial charge on any atom is 1.00 e. The average molecular weight is 160 g/mol. The van der Waals surface area contributed by atoms with Crippen LogP contribution in [0.3, 0.4) is 0 Å². The van der Waals surface area contributed by atoms with Crippen molar-refractivity contribution in [3.05, 3.63) is 0 Å². The minimum absolute atomic E-state index is 0. The molecule has 0 nitrogen and oxygen atoms in total. The van der Waals surface area contributed by atoms with Gasteiger partial charge in [0.1, 0.15) is 0 Å². The molecule has 2 aliphatic carbocycles. The third kappa shape index (κ3) is 1.05. The van der Waals surface area contributed by atoms with Crippen LogP contribution in [-0.2, 0) is 0 Å². The van der Waals surface area contributed by atoms with Crippen LogP contribution in [-0.4, -0.2) is 6.98 Å². The first-order chi connectivity index (χ1) is 3.56. The molecule has 5 heteroatoms. The van der Waals surface area contributed by atoms with Crippen LogP contribution >= 0.6 is 0 Å². The van der Waals surface area contributed by atoms with E-state index in [2.05, 4.69) is 0 Å². The fourth-order valence-electron chi connectivity index (χ4n) is 1.27. The van der Waals surface area contributed by atoms with E-state index in [0.717, 1.165) is 0 Å². The molecular weight excluding hydrogens is 155 g/mol. The summed E-state index contributed by atoms with van der Waals surface area (Å²) < 4.78 is 35.2. The van der Waals surface area contributed by atoms with Gasteiger partial charge in [0.25, 0.3) is 0 Å². The molecule has 0 N–H and O–H groups in total. The molecule has 46 valence electrons. The van der Waals surface area contributed by atoms with E-state index in [0.29, 0.717) is 12.8 Å². The summed E-state index contributed by atoms with van der Waals surface area (Å²) in [5, 5.41) is -1.08. The number of hydrogen-bond donors (Lipinski definition) is 0. The van der Waals surface area contributed by atoms with E-state index in [9.17, 15) is 12.9 Å². The van der Waals surface area contributed by atoms with Crippen LogP contribution in [0, 0.1) is 5.92 Å². The van der Waals surface area contributed by atoms with Crippen molar-refractivity contribution in [1.29, 1.82) is 0 Å². The molecule has 0 aliphatic heterocycles. The first-order valence-electron chi connectivity index (χ1n) is 2.76. The monoisotopic (exact) mass is 160 g/mol. The van der Waals surface area contributed by atoms with Crippen LogP contribution in [0.15, 0.2) is 0 Å². The quantitative estimate of drug-likeness (QED) is 0.431. The van der Waals surface area contributed by atoms with Gasteiger partial charge in [-0.3, -0.25) is 0 Å². The fraction of sp³-hybridized carbons (Fsp3) is 1.00. The predicted molar refractivity (Wildman–Crippen MR) is 24.5 cm³/mol. The minimum Gasteiger partial charge on any atom is -0.449 e. The van der Waals surface area contributed by atoms with Crippen molar-refractivity contribution in [2.75, 3.05) is 0 Å². The number of hydrogen-bond acceptors (Lipinski definition) is 0. The van der Waals surface area contributed by atoms with Gasteiger partial charge in [0, 0.05) is 0 Å². The maximum atomic E-state index is 11.7. The van der Waals surface area contributed by atoms with Crippen LogP contribution < -0.4 is 51.4 Å². The summed E-state index contributed by atoms with van der Waals surface area (Å²) in [6.07, 6.45) is 0.882. The molecule has 0 amide bonds. The first-order valence-corrected chi connectivity index (χ1v) is 2.76. The predicted octanol–water partition coefficient (Wildman–Crippen LogP) is -0.998. The van der Waals surface area contributed by atoms with Crippen molar-refractivity contribution in [2.45, 2.75) is 18.2 Å². The third-order valence-corrected chi connectivity index (χ3v) is 2.40. The Morgan fingerprint density at radius 3 is 1.56 bits per heavy atom. The van der Waals surface area contributed by atoms with Gasteiger partial charge < -0.3 is 12.9 Å². The number of rotatable bonds is 1. The largest absolute Gasteiger partial charge is 1.00 e. The number of fused-ring (bicyclic) bond motifs is 1. The van der Waals surface area contributed by atoms with Crippen molar-refractivity contribution >= 4 is 6.98 Å². The van der Waals surface area contributed by atoms with Crippen LogP contribution in [0.1, 0.15) is 12.8 Å². The van der Waals surface area contributed by atoms with Gasteiger partial charge in [-0.15, -0.1) is 0 Å². The summed E-state index contributed by atoms with van der Waals surface area (Å²) in [5.74, 6) is 0.0579. The smallest absolute Gasteiger partial charge is 0.449 e. The Labute approximate surface area is 94.0 Å². The van der Waals surface area contributed by atoms with Gasteiger partial charge in [0.05, 0.1) is 0 Å². The summed E-state index contributed by atoms with van der Waals surface area (Å²) in [7, 11) is 0. The average Bonchev–Trinajstić information content (AvgIpc) is 1.96. The Morgan fingerprint density at radius 1 is 1.22 bits per heavy atom. The van der Waals surface area contributed by atoms with E-state index in [-0.39, 0.29) is 57.3 Å². The SMILES string of the molecule is F[B-](F)(F)C12CC1C2.[K+]. The van der Waals surface area contributed by atoms with Crippen molar-refractivity contribution in [3.63, 3.8) is 0 Å². The molecule has 0 unspecified atom stereocenters. The van der Waals surface area contributed by atoms with Crippen LogP contribution in [0.25, 0.3) is 0 Å². The molecule has 2 saturated carbocycles. The van der Waals surface area contributed by atoms with E-state index >= 15 is 0 Å². The molecule has 9 heavy (non-hydrogen) atoms. The van der Waals surface area contributed by atoms with Crippen LogP contribution in [0.2, 0.25) is 5.31 Å². The molecule has 2 aliphatic rings. The zero-order chi connectivity index (χ0) is 5.99. The van der Waals surface area contributed by atoms with Gasteiger partial charge in [0.15, 0.2) is 0 Å². The Kier molecular flexibility index (Phi) is 1.91. The third-order valence-electron chi connectivity index (χ3n) is 2.40. The Morgan fingerprint density at radius 2 is 1.56 bits per heavy atom. The Bertz CT molecular complexity index is 137. The summed E-state index contributed by atoms with van der Waals surface area (Å²) in [5.41, 5.74) is 0. The van der Waals surface area contributed by atoms with Crippen LogP contribution in [0.4, 0.5) is 12.9 Å². The van der Waals surface area contributed by atoms with Crippen LogP contribution in [0.5, 0.6) is 0 Å². The second-order valence-corrected chi connectivity index (χ2v) is 2.91. The molecule has 0 aromatic carbocycles.